The van der Waals surface area contributed by atoms with E-state index in [9.17, 15) is 0 Å². The Kier molecular flexibility index (Phi) is 3.47. The zero-order valence-corrected chi connectivity index (χ0v) is 11.2. The number of anilines is 2. The van der Waals surface area contributed by atoms with Crippen molar-refractivity contribution in [2.75, 3.05) is 11.1 Å². The Morgan fingerprint density at radius 3 is 2.82 bits per heavy atom. The van der Waals surface area contributed by atoms with Gasteiger partial charge in [-0.05, 0) is 30.7 Å². The Labute approximate surface area is 105 Å². The highest BCUT2D eigenvalue weighted by molar-refractivity contribution is 7.16. The van der Waals surface area contributed by atoms with Crippen molar-refractivity contribution in [3.8, 4) is 0 Å². The van der Waals surface area contributed by atoms with Crippen LogP contribution in [0.25, 0.3) is 10.2 Å². The molecule has 0 aliphatic carbocycles. The van der Waals surface area contributed by atoms with Gasteiger partial charge in [-0.3, -0.25) is 0 Å². The molecule has 17 heavy (non-hydrogen) atoms. The van der Waals surface area contributed by atoms with Crippen molar-refractivity contribution in [2.45, 2.75) is 33.2 Å². The van der Waals surface area contributed by atoms with Crippen LogP contribution in [0, 0.1) is 5.92 Å². The molecule has 1 atom stereocenters. The SMILES string of the molecule is CC(C)CC(C)Nc1nc(N)nc2sccc12. The van der Waals surface area contributed by atoms with Gasteiger partial charge in [0.05, 0.1) is 5.39 Å². The van der Waals surface area contributed by atoms with Crippen molar-refractivity contribution in [1.29, 1.82) is 0 Å². The predicted molar refractivity (Wildman–Crippen MR) is 74.4 cm³/mol. The zero-order valence-electron chi connectivity index (χ0n) is 10.4. The number of aromatic nitrogens is 2. The molecule has 1 unspecified atom stereocenters. The highest BCUT2D eigenvalue weighted by Crippen LogP contribution is 2.26. The average Bonchev–Trinajstić information content (AvgIpc) is 2.63. The second kappa shape index (κ2) is 4.87. The second-order valence-electron chi connectivity index (χ2n) is 4.74. The summed E-state index contributed by atoms with van der Waals surface area (Å²) in [5, 5.41) is 6.49. The standard InChI is InChI=1S/C12H18N4S/c1-7(2)6-8(3)14-10-9-4-5-17-11(9)16-12(13)15-10/h4-5,7-8H,6H2,1-3H3,(H3,13,14,15,16). The molecule has 0 amide bonds. The molecule has 2 rings (SSSR count). The van der Waals surface area contributed by atoms with E-state index in [1.807, 2.05) is 11.4 Å². The molecule has 0 aliphatic rings. The lowest BCUT2D eigenvalue weighted by atomic mass is 10.1. The first-order valence-corrected chi connectivity index (χ1v) is 6.71. The fourth-order valence-electron chi connectivity index (χ4n) is 1.98. The van der Waals surface area contributed by atoms with E-state index in [4.69, 9.17) is 5.73 Å². The van der Waals surface area contributed by atoms with E-state index < -0.39 is 0 Å². The van der Waals surface area contributed by atoms with Crippen LogP contribution in [0.2, 0.25) is 0 Å². The number of hydrogen-bond donors (Lipinski definition) is 2. The molecule has 5 heteroatoms. The van der Waals surface area contributed by atoms with Gasteiger partial charge in [0.25, 0.3) is 0 Å². The molecule has 0 bridgehead atoms. The quantitative estimate of drug-likeness (QED) is 0.875. The van der Waals surface area contributed by atoms with E-state index >= 15 is 0 Å². The molecule has 0 fully saturated rings. The summed E-state index contributed by atoms with van der Waals surface area (Å²) in [5.74, 6) is 1.84. The van der Waals surface area contributed by atoms with E-state index in [0.29, 0.717) is 17.9 Å². The summed E-state index contributed by atoms with van der Waals surface area (Å²) >= 11 is 1.59. The number of thiophene rings is 1. The maximum absolute atomic E-state index is 5.71. The fraction of sp³-hybridized carbons (Fsp3) is 0.500. The summed E-state index contributed by atoms with van der Waals surface area (Å²) in [7, 11) is 0. The van der Waals surface area contributed by atoms with Crippen molar-refractivity contribution in [3.63, 3.8) is 0 Å². The summed E-state index contributed by atoms with van der Waals surface area (Å²) in [6, 6.07) is 2.41. The van der Waals surface area contributed by atoms with Crippen molar-refractivity contribution >= 4 is 33.3 Å². The lowest BCUT2D eigenvalue weighted by Gasteiger charge is -2.17. The summed E-state index contributed by atoms with van der Waals surface area (Å²) in [4.78, 5) is 9.43. The third-order valence-corrected chi connectivity index (χ3v) is 3.36. The Morgan fingerprint density at radius 2 is 2.12 bits per heavy atom. The van der Waals surface area contributed by atoms with Gasteiger partial charge in [-0.1, -0.05) is 13.8 Å². The molecule has 0 aromatic carbocycles. The molecule has 92 valence electrons. The molecule has 2 heterocycles. The maximum atomic E-state index is 5.71. The Morgan fingerprint density at radius 1 is 1.35 bits per heavy atom. The van der Waals surface area contributed by atoms with Crippen LogP contribution in [0.5, 0.6) is 0 Å². The molecule has 2 aromatic heterocycles. The first-order chi connectivity index (χ1) is 8.06. The van der Waals surface area contributed by atoms with E-state index in [2.05, 4.69) is 36.1 Å². The van der Waals surface area contributed by atoms with Gasteiger partial charge in [0.2, 0.25) is 5.95 Å². The third-order valence-electron chi connectivity index (χ3n) is 2.55. The second-order valence-corrected chi connectivity index (χ2v) is 5.64. The van der Waals surface area contributed by atoms with E-state index in [-0.39, 0.29) is 0 Å². The van der Waals surface area contributed by atoms with Gasteiger partial charge in [0, 0.05) is 6.04 Å². The highest BCUT2D eigenvalue weighted by Gasteiger charge is 2.11. The number of hydrogen-bond acceptors (Lipinski definition) is 5. The van der Waals surface area contributed by atoms with Gasteiger partial charge in [0.1, 0.15) is 10.6 Å². The molecular weight excluding hydrogens is 232 g/mol. The van der Waals surface area contributed by atoms with Gasteiger partial charge in [0.15, 0.2) is 0 Å². The first kappa shape index (κ1) is 12.1. The molecule has 3 N–H and O–H groups in total. The van der Waals surface area contributed by atoms with E-state index in [1.54, 1.807) is 11.3 Å². The summed E-state index contributed by atoms with van der Waals surface area (Å²) in [5.41, 5.74) is 5.71. The average molecular weight is 250 g/mol. The number of nitrogens with two attached hydrogens (primary N) is 1. The van der Waals surface area contributed by atoms with Crippen molar-refractivity contribution in [2.24, 2.45) is 5.92 Å². The molecule has 2 aromatic rings. The monoisotopic (exact) mass is 250 g/mol. The molecule has 0 radical (unpaired) electrons. The molecule has 4 nitrogen and oxygen atoms in total. The summed E-state index contributed by atoms with van der Waals surface area (Å²) < 4.78 is 0. The molecular formula is C12H18N4S. The molecule has 0 saturated heterocycles. The topological polar surface area (TPSA) is 63.8 Å². The van der Waals surface area contributed by atoms with E-state index in [0.717, 1.165) is 22.5 Å². The van der Waals surface area contributed by atoms with Crippen molar-refractivity contribution < 1.29 is 0 Å². The Hall–Kier alpha value is -1.36. The van der Waals surface area contributed by atoms with Crippen molar-refractivity contribution in [1.82, 2.24) is 9.97 Å². The van der Waals surface area contributed by atoms with Gasteiger partial charge < -0.3 is 11.1 Å². The minimum atomic E-state index is 0.333. The summed E-state index contributed by atoms with van der Waals surface area (Å²) in [6.07, 6.45) is 1.11. The number of fused-ring (bicyclic) bond motifs is 1. The molecule has 0 aliphatic heterocycles. The number of nitrogens with zero attached hydrogens (tertiary/aromatic N) is 2. The predicted octanol–water partition coefficient (Wildman–Crippen LogP) is 3.12. The van der Waals surface area contributed by atoms with Crippen LogP contribution in [0.15, 0.2) is 11.4 Å². The van der Waals surface area contributed by atoms with E-state index in [1.165, 1.54) is 0 Å². The zero-order chi connectivity index (χ0) is 12.4. The van der Waals surface area contributed by atoms with Crippen LogP contribution in [-0.4, -0.2) is 16.0 Å². The summed E-state index contributed by atoms with van der Waals surface area (Å²) in [6.45, 7) is 6.59. The largest absolute Gasteiger partial charge is 0.368 e. The van der Waals surface area contributed by atoms with Crippen LogP contribution < -0.4 is 11.1 Å². The van der Waals surface area contributed by atoms with Crippen LogP contribution in [0.4, 0.5) is 11.8 Å². The fourth-order valence-corrected chi connectivity index (χ4v) is 2.75. The van der Waals surface area contributed by atoms with Crippen LogP contribution >= 0.6 is 11.3 Å². The maximum Gasteiger partial charge on any atom is 0.223 e. The van der Waals surface area contributed by atoms with Gasteiger partial charge in [-0.2, -0.15) is 4.98 Å². The van der Waals surface area contributed by atoms with Crippen LogP contribution in [-0.2, 0) is 0 Å². The molecule has 0 saturated carbocycles. The normalized spacial score (nSPS) is 13.2. The minimum absolute atomic E-state index is 0.333. The van der Waals surface area contributed by atoms with Crippen molar-refractivity contribution in [3.05, 3.63) is 11.4 Å². The lowest BCUT2D eigenvalue weighted by molar-refractivity contribution is 0.539. The van der Waals surface area contributed by atoms with Gasteiger partial charge in [-0.25, -0.2) is 4.98 Å². The minimum Gasteiger partial charge on any atom is -0.368 e. The molecule has 0 spiro atoms. The number of nitrogen functional groups attached to an aromatic ring is 1. The smallest absolute Gasteiger partial charge is 0.223 e. The van der Waals surface area contributed by atoms with Crippen LogP contribution in [0.3, 0.4) is 0 Å². The van der Waals surface area contributed by atoms with Gasteiger partial charge >= 0.3 is 0 Å². The Balaban J connectivity index is 2.25. The number of nitrogens with one attached hydrogen (secondary N) is 1. The lowest BCUT2D eigenvalue weighted by Crippen LogP contribution is -2.18. The van der Waals surface area contributed by atoms with Crippen LogP contribution in [0.1, 0.15) is 27.2 Å². The third kappa shape index (κ3) is 2.85. The number of rotatable bonds is 4. The first-order valence-electron chi connectivity index (χ1n) is 5.83. The highest BCUT2D eigenvalue weighted by atomic mass is 32.1. The van der Waals surface area contributed by atoms with Gasteiger partial charge in [-0.15, -0.1) is 11.3 Å². The Bertz CT molecular complexity index is 506.